The zero-order valence-electron chi connectivity index (χ0n) is 12.5. The number of nitrogens with one attached hydrogen (secondary N) is 1. The zero-order valence-corrected chi connectivity index (χ0v) is 12.5. The van der Waals surface area contributed by atoms with E-state index in [0.717, 1.165) is 25.7 Å². The first-order chi connectivity index (χ1) is 9.52. The smallest absolute Gasteiger partial charge is 0.216 e. The van der Waals surface area contributed by atoms with Crippen LogP contribution >= 0.6 is 0 Å². The topological polar surface area (TPSA) is 93.0 Å². The number of hydrogen-bond acceptors (Lipinski definition) is 5. The number of likely N-dealkylation sites (tertiary alicyclic amines) is 1. The van der Waals surface area contributed by atoms with Gasteiger partial charge in [0.1, 0.15) is 0 Å². The Morgan fingerprint density at radius 1 is 1.15 bits per heavy atom. The molecular formula is C14H28N2O4. The van der Waals surface area contributed by atoms with Crippen molar-refractivity contribution >= 4 is 5.91 Å². The average molecular weight is 288 g/mol. The SMILES string of the molecule is CCCCCCN1[C@H](CNC(C)=O)[C@H](O)[C@H](O)[C@H]1CO. The second-order valence-electron chi connectivity index (χ2n) is 5.53. The lowest BCUT2D eigenvalue weighted by molar-refractivity contribution is -0.119. The Labute approximate surface area is 120 Å². The first kappa shape index (κ1) is 17.4. The molecule has 1 fully saturated rings. The average Bonchev–Trinajstić information content (AvgIpc) is 2.64. The van der Waals surface area contributed by atoms with Crippen LogP contribution in [0.4, 0.5) is 0 Å². The molecule has 0 spiro atoms. The lowest BCUT2D eigenvalue weighted by atomic mass is 10.1. The predicted molar refractivity (Wildman–Crippen MR) is 76.2 cm³/mol. The van der Waals surface area contributed by atoms with E-state index in [1.54, 1.807) is 0 Å². The van der Waals surface area contributed by atoms with Gasteiger partial charge in [-0.25, -0.2) is 0 Å². The van der Waals surface area contributed by atoms with Gasteiger partial charge in [-0.05, 0) is 13.0 Å². The van der Waals surface area contributed by atoms with Crippen molar-refractivity contribution in [2.75, 3.05) is 19.7 Å². The fourth-order valence-corrected chi connectivity index (χ4v) is 2.85. The summed E-state index contributed by atoms with van der Waals surface area (Å²) in [5.74, 6) is -0.162. The van der Waals surface area contributed by atoms with Crippen LogP contribution in [-0.4, -0.2) is 70.1 Å². The van der Waals surface area contributed by atoms with E-state index in [-0.39, 0.29) is 25.1 Å². The van der Waals surface area contributed by atoms with Crippen molar-refractivity contribution in [2.24, 2.45) is 0 Å². The Morgan fingerprint density at radius 2 is 1.80 bits per heavy atom. The number of nitrogens with zero attached hydrogens (tertiary/aromatic N) is 1. The van der Waals surface area contributed by atoms with Crippen molar-refractivity contribution in [2.45, 2.75) is 63.8 Å². The van der Waals surface area contributed by atoms with E-state index in [1.807, 2.05) is 4.90 Å². The summed E-state index contributed by atoms with van der Waals surface area (Å²) in [4.78, 5) is 13.0. The summed E-state index contributed by atoms with van der Waals surface area (Å²) in [5.41, 5.74) is 0. The predicted octanol–water partition coefficient (Wildman–Crippen LogP) is -0.530. The van der Waals surface area contributed by atoms with Crippen LogP contribution in [0.2, 0.25) is 0 Å². The largest absolute Gasteiger partial charge is 0.395 e. The van der Waals surface area contributed by atoms with E-state index in [9.17, 15) is 20.1 Å². The molecule has 1 rings (SSSR count). The summed E-state index contributed by atoms with van der Waals surface area (Å²) in [6, 6.07) is -0.793. The van der Waals surface area contributed by atoms with Gasteiger partial charge in [0.05, 0.1) is 30.9 Å². The van der Waals surface area contributed by atoms with E-state index in [4.69, 9.17) is 0 Å². The highest BCUT2D eigenvalue weighted by Crippen LogP contribution is 2.25. The Balaban J connectivity index is 2.62. The van der Waals surface area contributed by atoms with Crippen molar-refractivity contribution in [1.82, 2.24) is 10.2 Å². The second kappa shape index (κ2) is 8.56. The van der Waals surface area contributed by atoms with Crippen LogP contribution in [0.15, 0.2) is 0 Å². The lowest BCUT2D eigenvalue weighted by Gasteiger charge is -2.29. The van der Waals surface area contributed by atoms with Crippen LogP contribution in [0.1, 0.15) is 39.5 Å². The molecule has 20 heavy (non-hydrogen) atoms. The standard InChI is InChI=1S/C14H28N2O4/c1-3-4-5-6-7-16-11(8-15-10(2)18)13(19)14(20)12(16)9-17/h11-14,17,19-20H,3-9H2,1-2H3,(H,15,18)/t11-,12-,13+,14-/m1/s1. The van der Waals surface area contributed by atoms with Crippen molar-refractivity contribution in [3.63, 3.8) is 0 Å². The van der Waals surface area contributed by atoms with Crippen molar-refractivity contribution < 1.29 is 20.1 Å². The van der Waals surface area contributed by atoms with Gasteiger partial charge in [-0.3, -0.25) is 9.69 Å². The zero-order chi connectivity index (χ0) is 15.1. The van der Waals surface area contributed by atoms with E-state index < -0.39 is 18.2 Å². The Hall–Kier alpha value is -0.690. The molecule has 1 aliphatic heterocycles. The van der Waals surface area contributed by atoms with Crippen LogP contribution in [0.25, 0.3) is 0 Å². The highest BCUT2D eigenvalue weighted by Gasteiger charge is 2.46. The third-order valence-electron chi connectivity index (χ3n) is 4.01. The van der Waals surface area contributed by atoms with Crippen molar-refractivity contribution in [3.8, 4) is 0 Å². The van der Waals surface area contributed by atoms with Crippen LogP contribution in [0, 0.1) is 0 Å². The molecule has 0 unspecified atom stereocenters. The molecule has 6 heteroatoms. The fourth-order valence-electron chi connectivity index (χ4n) is 2.85. The monoisotopic (exact) mass is 288 g/mol. The molecule has 0 aromatic heterocycles. The molecule has 0 bridgehead atoms. The van der Waals surface area contributed by atoms with Gasteiger partial charge in [-0.1, -0.05) is 26.2 Å². The highest BCUT2D eigenvalue weighted by molar-refractivity contribution is 5.72. The normalized spacial score (nSPS) is 30.6. The minimum Gasteiger partial charge on any atom is -0.395 e. The second-order valence-corrected chi connectivity index (χ2v) is 5.53. The molecule has 0 radical (unpaired) electrons. The molecule has 1 heterocycles. The third-order valence-corrected chi connectivity index (χ3v) is 4.01. The van der Waals surface area contributed by atoms with E-state index in [0.29, 0.717) is 6.54 Å². The van der Waals surface area contributed by atoms with Gasteiger partial charge in [-0.15, -0.1) is 0 Å². The molecule has 6 nitrogen and oxygen atoms in total. The number of carbonyl (C=O) groups is 1. The number of hydrogen-bond donors (Lipinski definition) is 4. The third kappa shape index (κ3) is 4.41. The summed E-state index contributed by atoms with van der Waals surface area (Å²) < 4.78 is 0. The molecule has 0 aromatic carbocycles. The Kier molecular flexibility index (Phi) is 7.43. The van der Waals surface area contributed by atoms with Crippen LogP contribution < -0.4 is 5.32 Å². The van der Waals surface area contributed by atoms with Gasteiger partial charge in [0.25, 0.3) is 0 Å². The minimum atomic E-state index is -0.968. The molecule has 4 atom stereocenters. The van der Waals surface area contributed by atoms with Gasteiger partial charge in [-0.2, -0.15) is 0 Å². The van der Waals surface area contributed by atoms with Crippen LogP contribution in [0.3, 0.4) is 0 Å². The first-order valence-electron chi connectivity index (χ1n) is 7.50. The minimum absolute atomic E-state index is 0.162. The summed E-state index contributed by atoms with van der Waals surface area (Å²) in [6.45, 7) is 4.37. The Morgan fingerprint density at radius 3 is 2.35 bits per heavy atom. The van der Waals surface area contributed by atoms with Gasteiger partial charge >= 0.3 is 0 Å². The maximum atomic E-state index is 11.0. The molecule has 4 N–H and O–H groups in total. The number of unbranched alkanes of at least 4 members (excludes halogenated alkanes) is 3. The number of rotatable bonds is 8. The van der Waals surface area contributed by atoms with Crippen LogP contribution in [-0.2, 0) is 4.79 Å². The molecule has 1 amide bonds. The maximum absolute atomic E-state index is 11.0. The van der Waals surface area contributed by atoms with Crippen LogP contribution in [0.5, 0.6) is 0 Å². The highest BCUT2D eigenvalue weighted by atomic mass is 16.3. The summed E-state index contributed by atoms with van der Waals surface area (Å²) in [7, 11) is 0. The van der Waals surface area contributed by atoms with Gasteiger partial charge in [0, 0.05) is 13.5 Å². The summed E-state index contributed by atoms with van der Waals surface area (Å²) >= 11 is 0. The maximum Gasteiger partial charge on any atom is 0.216 e. The summed E-state index contributed by atoms with van der Waals surface area (Å²) in [6.07, 6.45) is 2.43. The lowest BCUT2D eigenvalue weighted by Crippen LogP contribution is -2.47. The Bertz CT molecular complexity index is 301. The molecule has 1 aliphatic rings. The molecular weight excluding hydrogens is 260 g/mol. The number of aliphatic hydroxyl groups is 3. The molecule has 0 saturated carbocycles. The van der Waals surface area contributed by atoms with E-state index in [1.165, 1.54) is 6.92 Å². The first-order valence-corrected chi connectivity index (χ1v) is 7.50. The summed E-state index contributed by atoms with van der Waals surface area (Å²) in [5, 5.41) is 32.2. The molecule has 118 valence electrons. The number of aliphatic hydroxyl groups excluding tert-OH is 3. The van der Waals surface area contributed by atoms with E-state index in [2.05, 4.69) is 12.2 Å². The van der Waals surface area contributed by atoms with Gasteiger partial charge < -0.3 is 20.6 Å². The number of amides is 1. The van der Waals surface area contributed by atoms with Gasteiger partial charge in [0.15, 0.2) is 0 Å². The number of carbonyl (C=O) groups excluding carboxylic acids is 1. The fraction of sp³-hybridized carbons (Fsp3) is 0.929. The van der Waals surface area contributed by atoms with E-state index >= 15 is 0 Å². The molecule has 1 saturated heterocycles. The molecule has 0 aliphatic carbocycles. The quantitative estimate of drug-likeness (QED) is 0.451. The van der Waals surface area contributed by atoms with Gasteiger partial charge in [0.2, 0.25) is 5.91 Å². The molecule has 0 aromatic rings. The van der Waals surface area contributed by atoms with Crippen molar-refractivity contribution in [3.05, 3.63) is 0 Å². The van der Waals surface area contributed by atoms with Crippen molar-refractivity contribution in [1.29, 1.82) is 0 Å².